The van der Waals surface area contributed by atoms with Gasteiger partial charge in [-0.1, -0.05) is 77.8 Å². The van der Waals surface area contributed by atoms with Crippen molar-refractivity contribution in [2.24, 2.45) is 0 Å². The van der Waals surface area contributed by atoms with E-state index in [-0.39, 0.29) is 37.1 Å². The van der Waals surface area contributed by atoms with Gasteiger partial charge in [0.25, 0.3) is 0 Å². The summed E-state index contributed by atoms with van der Waals surface area (Å²) in [7, 11) is 0.275. The van der Waals surface area contributed by atoms with E-state index in [9.17, 15) is 0 Å². The number of hydrogen-bond acceptors (Lipinski definition) is 0. The van der Waals surface area contributed by atoms with Crippen LogP contribution in [0.3, 0.4) is 0 Å². The maximum absolute atomic E-state index is 2.31. The van der Waals surface area contributed by atoms with Crippen molar-refractivity contribution in [2.45, 2.75) is 77.8 Å². The molecule has 0 bridgehead atoms. The van der Waals surface area contributed by atoms with Gasteiger partial charge in [0.15, 0.2) is 0 Å². The van der Waals surface area contributed by atoms with Crippen molar-refractivity contribution in [1.82, 2.24) is 0 Å². The molecule has 0 aromatic rings. The van der Waals surface area contributed by atoms with E-state index < -0.39 is 0 Å². The molecule has 0 aliphatic carbocycles. The van der Waals surface area contributed by atoms with E-state index in [2.05, 4.69) is 41.5 Å². The van der Waals surface area contributed by atoms with Gasteiger partial charge in [0.05, 0.1) is 0 Å². The molecule has 0 saturated carbocycles. The van der Waals surface area contributed by atoms with Gasteiger partial charge in [0, 0.05) is 37.1 Å². The molecule has 0 aromatic carbocycles. The summed E-state index contributed by atoms with van der Waals surface area (Å²) in [4.78, 5) is 0. The van der Waals surface area contributed by atoms with E-state index in [0.29, 0.717) is 0 Å². The Morgan fingerprint density at radius 3 is 0.600 bits per heavy atom. The molecule has 0 amide bonds. The normalized spacial score (nSPS) is 9.60. The first-order valence-electron chi connectivity index (χ1n) is 6.36. The molecule has 0 aromatic heterocycles. The van der Waals surface area contributed by atoms with Crippen LogP contribution in [0, 0.1) is 0 Å². The summed E-state index contributed by atoms with van der Waals surface area (Å²) in [6, 6.07) is 8.74. The van der Waals surface area contributed by atoms with Crippen LogP contribution in [0.5, 0.6) is 0 Å². The van der Waals surface area contributed by atoms with Crippen LogP contribution in [0.2, 0.25) is 36.3 Å². The molecule has 0 nitrogen and oxygen atoms in total. The first-order valence-corrected chi connectivity index (χ1v) is 10.6. The minimum Gasteiger partial charge on any atom is -0.0680 e. The van der Waals surface area contributed by atoms with Crippen LogP contribution in [-0.4, -0.2) is 17.6 Å². The number of rotatable bonds is 6. The van der Waals surface area contributed by atoms with Crippen LogP contribution in [-0.2, 0) is 19.5 Å². The molecule has 15 heavy (non-hydrogen) atoms. The fourth-order valence-corrected chi connectivity index (χ4v) is 4.50. The van der Waals surface area contributed by atoms with E-state index in [1.54, 1.807) is 0 Å². The molecule has 0 aliphatic heterocycles. The molecule has 0 N–H and O–H groups in total. The van der Waals surface area contributed by atoms with Crippen molar-refractivity contribution in [3.63, 3.8) is 0 Å². The van der Waals surface area contributed by atoms with Crippen LogP contribution in [0.1, 0.15) is 41.5 Å². The van der Waals surface area contributed by atoms with Crippen LogP contribution in [0.25, 0.3) is 0 Å². The number of hydrogen-bond donors (Lipinski definition) is 0. The molecule has 88 valence electrons. The van der Waals surface area contributed by atoms with Gasteiger partial charge >= 0.3 is 0 Å². The van der Waals surface area contributed by atoms with Gasteiger partial charge in [-0.15, -0.1) is 0 Å². The fourth-order valence-electron chi connectivity index (χ4n) is 1.50. The summed E-state index contributed by atoms with van der Waals surface area (Å²) < 4.78 is 0. The van der Waals surface area contributed by atoms with E-state index in [1.807, 2.05) is 0 Å². The summed E-state index contributed by atoms with van der Waals surface area (Å²) in [5, 5.41) is 0. The fraction of sp³-hybridized carbons (Fsp3) is 1.00. The van der Waals surface area contributed by atoms with E-state index in [1.165, 1.54) is 36.3 Å². The molecular formula is C12H30Si2Zn. The Balaban J connectivity index is -0.000000180. The van der Waals surface area contributed by atoms with Crippen molar-refractivity contribution in [3.05, 3.63) is 0 Å². The van der Waals surface area contributed by atoms with Gasteiger partial charge in [-0.3, -0.25) is 0 Å². The second-order valence-electron chi connectivity index (χ2n) is 3.62. The standard InChI is InChI=1S/2C6H15Si.Zn/c2*1-4-7(5-2)6-3;/h2*4-6H2,1-3H3;. The summed E-state index contributed by atoms with van der Waals surface area (Å²) in [5.74, 6) is 0. The molecular weight excluding hydrogens is 266 g/mol. The molecule has 0 spiro atoms. The summed E-state index contributed by atoms with van der Waals surface area (Å²) in [6.45, 7) is 13.8. The van der Waals surface area contributed by atoms with Crippen molar-refractivity contribution in [3.8, 4) is 0 Å². The first kappa shape index (κ1) is 21.4. The Labute approximate surface area is 115 Å². The van der Waals surface area contributed by atoms with E-state index in [0.717, 1.165) is 0 Å². The zero-order valence-corrected chi connectivity index (χ0v) is 16.9. The van der Waals surface area contributed by atoms with Gasteiger partial charge in [0.2, 0.25) is 0 Å². The van der Waals surface area contributed by atoms with E-state index in [4.69, 9.17) is 0 Å². The zero-order chi connectivity index (χ0) is 11.4. The van der Waals surface area contributed by atoms with Crippen LogP contribution < -0.4 is 0 Å². The summed E-state index contributed by atoms with van der Waals surface area (Å²) in [6.07, 6.45) is 0. The van der Waals surface area contributed by atoms with Crippen molar-refractivity contribution >= 4 is 17.6 Å². The van der Waals surface area contributed by atoms with Crippen molar-refractivity contribution in [2.75, 3.05) is 0 Å². The second-order valence-corrected chi connectivity index (χ2v) is 10.9. The molecule has 0 heterocycles. The Morgan fingerprint density at radius 1 is 0.467 bits per heavy atom. The monoisotopic (exact) mass is 294 g/mol. The molecule has 0 aliphatic rings. The average Bonchev–Trinajstić information content (AvgIpc) is 2.24. The molecule has 0 atom stereocenters. The van der Waals surface area contributed by atoms with Gasteiger partial charge in [-0.25, -0.2) is 0 Å². The third kappa shape index (κ3) is 15.1. The van der Waals surface area contributed by atoms with Gasteiger partial charge in [-0.05, 0) is 0 Å². The largest absolute Gasteiger partial charge is 0.0680 e. The molecule has 0 unspecified atom stereocenters. The Morgan fingerprint density at radius 2 is 0.600 bits per heavy atom. The average molecular weight is 296 g/mol. The minimum absolute atomic E-state index is 0. The van der Waals surface area contributed by atoms with Gasteiger partial charge < -0.3 is 0 Å². The second kappa shape index (κ2) is 17.5. The molecule has 3 heteroatoms. The zero-order valence-electron chi connectivity index (χ0n) is 11.9. The molecule has 0 rings (SSSR count). The third-order valence-electron chi connectivity index (χ3n) is 3.00. The van der Waals surface area contributed by atoms with Gasteiger partial charge in [0.1, 0.15) is 0 Å². The van der Waals surface area contributed by atoms with Gasteiger partial charge in [-0.2, -0.15) is 0 Å². The Kier molecular flexibility index (Phi) is 24.8. The van der Waals surface area contributed by atoms with Crippen LogP contribution in [0.4, 0.5) is 0 Å². The smallest absolute Gasteiger partial charge is 0.0470 e. The maximum atomic E-state index is 2.31. The molecule has 0 saturated heterocycles. The summed E-state index contributed by atoms with van der Waals surface area (Å²) >= 11 is 0. The Hall–Kier alpha value is 1.06. The van der Waals surface area contributed by atoms with Crippen LogP contribution >= 0.6 is 0 Å². The predicted molar refractivity (Wildman–Crippen MR) is 74.4 cm³/mol. The first-order chi connectivity index (χ1) is 6.69. The van der Waals surface area contributed by atoms with Crippen LogP contribution in [0.15, 0.2) is 0 Å². The Bertz CT molecular complexity index is 68.6. The SMILES string of the molecule is CC[Si](CC)CC.CC[Si](CC)CC.[Zn]. The van der Waals surface area contributed by atoms with E-state index >= 15 is 0 Å². The molecule has 0 fully saturated rings. The summed E-state index contributed by atoms with van der Waals surface area (Å²) in [5.41, 5.74) is 0. The maximum Gasteiger partial charge on any atom is 0.0470 e. The molecule has 2 radical (unpaired) electrons. The van der Waals surface area contributed by atoms with Crippen molar-refractivity contribution in [1.29, 1.82) is 0 Å². The third-order valence-corrected chi connectivity index (χ3v) is 9.00. The predicted octanol–water partition coefficient (Wildman–Crippen LogP) is 5.08. The minimum atomic E-state index is 0. The van der Waals surface area contributed by atoms with Crippen molar-refractivity contribution < 1.29 is 19.5 Å². The topological polar surface area (TPSA) is 0 Å². The quantitative estimate of drug-likeness (QED) is 0.600.